The second-order valence-electron chi connectivity index (χ2n) is 6.28. The maximum Gasteiger partial charge on any atom is 0.234 e. The van der Waals surface area contributed by atoms with Crippen molar-refractivity contribution in [1.29, 1.82) is 0 Å². The van der Waals surface area contributed by atoms with E-state index in [4.69, 9.17) is 0 Å². The molecule has 1 aliphatic rings. The van der Waals surface area contributed by atoms with Gasteiger partial charge < -0.3 is 5.32 Å². The Bertz CT molecular complexity index is 738. The van der Waals surface area contributed by atoms with Gasteiger partial charge in [-0.3, -0.25) is 14.6 Å². The van der Waals surface area contributed by atoms with Crippen LogP contribution in [-0.4, -0.2) is 60.0 Å². The molecule has 2 heterocycles. The van der Waals surface area contributed by atoms with Gasteiger partial charge >= 0.3 is 0 Å². The number of benzene rings is 1. The summed E-state index contributed by atoms with van der Waals surface area (Å²) in [7, 11) is 0. The van der Waals surface area contributed by atoms with Gasteiger partial charge in [-0.05, 0) is 24.3 Å². The average molecular weight is 374 g/mol. The van der Waals surface area contributed by atoms with Crippen molar-refractivity contribution in [2.75, 3.05) is 39.3 Å². The van der Waals surface area contributed by atoms with Crippen LogP contribution in [0.5, 0.6) is 0 Å². The van der Waals surface area contributed by atoms with E-state index in [1.54, 1.807) is 29.5 Å². The number of thiazole rings is 1. The predicted molar refractivity (Wildman–Crippen MR) is 102 cm³/mol. The maximum absolute atomic E-state index is 13.0. The van der Waals surface area contributed by atoms with Crippen LogP contribution in [0, 0.1) is 5.82 Å². The minimum Gasteiger partial charge on any atom is -0.352 e. The second-order valence-corrected chi connectivity index (χ2v) is 7.22. The van der Waals surface area contributed by atoms with Crippen molar-refractivity contribution in [2.45, 2.75) is 6.54 Å². The summed E-state index contributed by atoms with van der Waals surface area (Å²) in [5, 5.41) is 5.88. The van der Waals surface area contributed by atoms with E-state index < -0.39 is 0 Å². The number of carbonyl (C=O) groups excluding carboxylic acids is 1. The minimum atomic E-state index is -0.236. The van der Waals surface area contributed by atoms with Crippen LogP contribution in [0.1, 0.15) is 5.01 Å². The number of carbonyl (C=O) groups is 1. The number of hydrogen-bond donors (Lipinski definition) is 1. The second kappa shape index (κ2) is 9.02. The number of piperazine rings is 1. The molecule has 0 spiro atoms. The van der Waals surface area contributed by atoms with Crippen LogP contribution in [0.3, 0.4) is 0 Å². The van der Waals surface area contributed by atoms with Crippen LogP contribution in [0.2, 0.25) is 0 Å². The lowest BCUT2D eigenvalue weighted by Gasteiger charge is -2.33. The Labute approximate surface area is 157 Å². The molecule has 1 saturated heterocycles. The van der Waals surface area contributed by atoms with E-state index in [1.807, 2.05) is 5.38 Å². The molecule has 138 valence electrons. The first-order chi connectivity index (χ1) is 12.6. The van der Waals surface area contributed by atoms with Gasteiger partial charge in [0.05, 0.1) is 18.8 Å². The van der Waals surface area contributed by atoms with Crippen molar-refractivity contribution < 1.29 is 9.18 Å². The Morgan fingerprint density at radius 2 is 1.92 bits per heavy atom. The molecule has 1 fully saturated rings. The molecule has 26 heavy (non-hydrogen) atoms. The molecular formula is C19H23FN4OS. The fraction of sp³-hybridized carbons (Fsp3) is 0.368. The summed E-state index contributed by atoms with van der Waals surface area (Å²) in [6, 6.07) is 6.42. The normalized spacial score (nSPS) is 15.7. The predicted octanol–water partition coefficient (Wildman–Crippen LogP) is 2.37. The van der Waals surface area contributed by atoms with E-state index >= 15 is 0 Å². The third-order valence-corrected chi connectivity index (χ3v) is 5.16. The molecule has 1 aromatic carbocycles. The highest BCUT2D eigenvalue weighted by Crippen LogP contribution is 2.23. The fourth-order valence-corrected chi connectivity index (χ4v) is 3.72. The van der Waals surface area contributed by atoms with E-state index in [1.165, 1.54) is 12.1 Å². The van der Waals surface area contributed by atoms with E-state index in [9.17, 15) is 9.18 Å². The molecule has 1 N–H and O–H groups in total. The van der Waals surface area contributed by atoms with Gasteiger partial charge in [0.2, 0.25) is 5.91 Å². The van der Waals surface area contributed by atoms with Crippen molar-refractivity contribution in [2.24, 2.45) is 0 Å². The quantitative estimate of drug-likeness (QED) is 0.756. The van der Waals surface area contributed by atoms with Crippen LogP contribution in [0.25, 0.3) is 11.3 Å². The van der Waals surface area contributed by atoms with Crippen molar-refractivity contribution in [3.8, 4) is 11.3 Å². The van der Waals surface area contributed by atoms with Crippen LogP contribution < -0.4 is 5.32 Å². The molecule has 7 heteroatoms. The Balaban J connectivity index is 1.47. The van der Waals surface area contributed by atoms with Crippen LogP contribution >= 0.6 is 11.3 Å². The van der Waals surface area contributed by atoms with Crippen LogP contribution in [-0.2, 0) is 11.3 Å². The molecule has 0 radical (unpaired) electrons. The molecule has 0 bridgehead atoms. The first kappa shape index (κ1) is 18.7. The molecule has 5 nitrogen and oxygen atoms in total. The maximum atomic E-state index is 13.0. The Morgan fingerprint density at radius 1 is 1.23 bits per heavy atom. The Morgan fingerprint density at radius 3 is 2.62 bits per heavy atom. The SMILES string of the molecule is C=CCNC(=O)CN1CCN(Cc2nc(-c3ccc(F)cc3)cs2)CC1. The summed E-state index contributed by atoms with van der Waals surface area (Å²) < 4.78 is 13.0. The van der Waals surface area contributed by atoms with E-state index in [0.29, 0.717) is 13.1 Å². The Kier molecular flexibility index (Phi) is 6.49. The summed E-state index contributed by atoms with van der Waals surface area (Å²) in [6.07, 6.45) is 1.68. The third kappa shape index (κ3) is 5.20. The number of nitrogens with one attached hydrogen (secondary N) is 1. The summed E-state index contributed by atoms with van der Waals surface area (Å²) in [5.74, 6) is -0.192. The highest BCUT2D eigenvalue weighted by molar-refractivity contribution is 7.09. The molecule has 1 amide bonds. The minimum absolute atomic E-state index is 0.0437. The van der Waals surface area contributed by atoms with Gasteiger partial charge in [-0.25, -0.2) is 9.37 Å². The largest absolute Gasteiger partial charge is 0.352 e. The summed E-state index contributed by atoms with van der Waals surface area (Å²) >= 11 is 1.63. The smallest absolute Gasteiger partial charge is 0.234 e. The van der Waals surface area contributed by atoms with Gasteiger partial charge in [0.1, 0.15) is 10.8 Å². The van der Waals surface area contributed by atoms with E-state index in [2.05, 4.69) is 26.7 Å². The van der Waals surface area contributed by atoms with Gasteiger partial charge in [0, 0.05) is 43.7 Å². The summed E-state index contributed by atoms with van der Waals surface area (Å²) in [4.78, 5) is 20.9. The zero-order valence-corrected chi connectivity index (χ0v) is 15.5. The van der Waals surface area contributed by atoms with Crippen molar-refractivity contribution in [1.82, 2.24) is 20.1 Å². The van der Waals surface area contributed by atoms with Gasteiger partial charge in [0.25, 0.3) is 0 Å². The number of halogens is 1. The zero-order valence-electron chi connectivity index (χ0n) is 14.7. The summed E-state index contributed by atoms with van der Waals surface area (Å²) in [5.41, 5.74) is 1.83. The number of hydrogen-bond acceptors (Lipinski definition) is 5. The van der Waals surface area contributed by atoms with E-state index in [0.717, 1.165) is 49.0 Å². The molecule has 0 aliphatic carbocycles. The number of nitrogens with zero attached hydrogens (tertiary/aromatic N) is 3. The first-order valence-corrected chi connectivity index (χ1v) is 9.54. The van der Waals surface area contributed by atoms with Gasteiger partial charge in [0.15, 0.2) is 0 Å². The topological polar surface area (TPSA) is 48.5 Å². The zero-order chi connectivity index (χ0) is 18.4. The lowest BCUT2D eigenvalue weighted by Crippen LogP contribution is -2.49. The van der Waals surface area contributed by atoms with Gasteiger partial charge in [-0.15, -0.1) is 17.9 Å². The molecule has 0 atom stereocenters. The molecular weight excluding hydrogens is 351 g/mol. The van der Waals surface area contributed by atoms with Crippen LogP contribution in [0.4, 0.5) is 4.39 Å². The van der Waals surface area contributed by atoms with Crippen molar-refractivity contribution in [3.63, 3.8) is 0 Å². The van der Waals surface area contributed by atoms with E-state index in [-0.39, 0.29) is 11.7 Å². The monoisotopic (exact) mass is 374 g/mol. The number of aromatic nitrogens is 1. The molecule has 1 aliphatic heterocycles. The highest BCUT2D eigenvalue weighted by Gasteiger charge is 2.19. The standard InChI is InChI=1S/C19H23FN4OS/c1-2-7-21-18(25)12-23-8-10-24(11-9-23)13-19-22-17(14-26-19)15-3-5-16(20)6-4-15/h2-6,14H,1,7-13H2,(H,21,25). The Hall–Kier alpha value is -2.09. The van der Waals surface area contributed by atoms with Crippen LogP contribution in [0.15, 0.2) is 42.3 Å². The highest BCUT2D eigenvalue weighted by atomic mass is 32.1. The molecule has 0 saturated carbocycles. The third-order valence-electron chi connectivity index (χ3n) is 4.33. The number of rotatable bonds is 7. The molecule has 0 unspecified atom stereocenters. The molecule has 1 aromatic heterocycles. The van der Waals surface area contributed by atoms with Crippen molar-refractivity contribution in [3.05, 3.63) is 53.1 Å². The molecule has 2 aromatic rings. The lowest BCUT2D eigenvalue weighted by atomic mass is 10.2. The number of amides is 1. The molecule has 3 rings (SSSR count). The lowest BCUT2D eigenvalue weighted by molar-refractivity contribution is -0.122. The first-order valence-electron chi connectivity index (χ1n) is 8.66. The fourth-order valence-electron chi connectivity index (χ4n) is 2.88. The summed E-state index contributed by atoms with van der Waals surface area (Å²) in [6.45, 7) is 8.94. The van der Waals surface area contributed by atoms with Gasteiger partial charge in [-0.1, -0.05) is 6.08 Å². The average Bonchev–Trinajstić information content (AvgIpc) is 3.11. The van der Waals surface area contributed by atoms with Gasteiger partial charge in [-0.2, -0.15) is 0 Å². The van der Waals surface area contributed by atoms with Crippen molar-refractivity contribution >= 4 is 17.2 Å².